The van der Waals surface area contributed by atoms with E-state index in [1.165, 1.54) is 18.2 Å². The van der Waals surface area contributed by atoms with Crippen LogP contribution in [0, 0.1) is 0 Å². The van der Waals surface area contributed by atoms with Gasteiger partial charge in [0.15, 0.2) is 6.10 Å². The van der Waals surface area contributed by atoms with Crippen LogP contribution in [0.4, 0.5) is 0 Å². The summed E-state index contributed by atoms with van der Waals surface area (Å²) in [5, 5.41) is 57.5. The first-order valence-corrected chi connectivity index (χ1v) is 8.65. The summed E-state index contributed by atoms with van der Waals surface area (Å²) in [4.78, 5) is 11.1. The number of ether oxygens (including phenoxy) is 2. The minimum atomic E-state index is -1.79. The maximum atomic E-state index is 11.1. The zero-order chi connectivity index (χ0) is 21.1. The van der Waals surface area contributed by atoms with Crippen molar-refractivity contribution in [2.75, 3.05) is 0 Å². The van der Waals surface area contributed by atoms with E-state index in [0.717, 1.165) is 5.56 Å². The van der Waals surface area contributed by atoms with Crippen LogP contribution < -0.4 is 4.74 Å². The van der Waals surface area contributed by atoms with E-state index < -0.39 is 36.7 Å². The zero-order valence-corrected chi connectivity index (χ0v) is 15.0. The molecule has 2 aromatic carbocycles. The number of aliphatic hydroxyl groups is 3. The van der Waals surface area contributed by atoms with E-state index in [-0.39, 0.29) is 17.2 Å². The maximum absolute atomic E-state index is 11.1. The smallest absolute Gasteiger partial charge is 0.335 e. The second kappa shape index (κ2) is 8.50. The number of phenols is 2. The van der Waals surface area contributed by atoms with Crippen molar-refractivity contribution in [3.8, 4) is 17.2 Å². The summed E-state index contributed by atoms with van der Waals surface area (Å²) in [6.45, 7) is 0. The summed E-state index contributed by atoms with van der Waals surface area (Å²) in [5.41, 5.74) is 1.35. The molecule has 29 heavy (non-hydrogen) atoms. The number of phenolic OH excluding ortho intramolecular Hbond substituents is 2. The van der Waals surface area contributed by atoms with Gasteiger partial charge in [-0.25, -0.2) is 4.79 Å². The van der Waals surface area contributed by atoms with Crippen LogP contribution in [0.25, 0.3) is 12.2 Å². The van der Waals surface area contributed by atoms with Crippen molar-refractivity contribution in [3.63, 3.8) is 0 Å². The molecule has 0 saturated carbocycles. The van der Waals surface area contributed by atoms with E-state index in [1.54, 1.807) is 36.4 Å². The first kappa shape index (κ1) is 20.6. The first-order valence-electron chi connectivity index (χ1n) is 8.65. The Kier molecular flexibility index (Phi) is 6.04. The molecule has 0 aromatic heterocycles. The minimum absolute atomic E-state index is 0.0635. The lowest BCUT2D eigenvalue weighted by atomic mass is 9.99. The molecule has 1 aliphatic rings. The highest BCUT2D eigenvalue weighted by atomic mass is 16.7. The molecule has 0 aliphatic carbocycles. The molecule has 9 nitrogen and oxygen atoms in total. The third-order valence-corrected chi connectivity index (χ3v) is 4.34. The van der Waals surface area contributed by atoms with Crippen LogP contribution in [0.3, 0.4) is 0 Å². The highest BCUT2D eigenvalue weighted by molar-refractivity contribution is 5.73. The van der Waals surface area contributed by atoms with Crippen LogP contribution in [-0.2, 0) is 9.53 Å². The molecule has 1 saturated heterocycles. The summed E-state index contributed by atoms with van der Waals surface area (Å²) >= 11 is 0. The molecule has 1 heterocycles. The predicted molar refractivity (Wildman–Crippen MR) is 100 cm³/mol. The van der Waals surface area contributed by atoms with Crippen molar-refractivity contribution >= 4 is 18.1 Å². The molecule has 1 aliphatic heterocycles. The summed E-state index contributed by atoms with van der Waals surface area (Å²) in [6.07, 6.45) is -4.98. The second-order valence-corrected chi connectivity index (χ2v) is 6.54. The number of aliphatic hydroxyl groups excluding tert-OH is 3. The molecule has 0 unspecified atom stereocenters. The Morgan fingerprint density at radius 2 is 1.45 bits per heavy atom. The van der Waals surface area contributed by atoms with Gasteiger partial charge in [-0.2, -0.15) is 0 Å². The van der Waals surface area contributed by atoms with Crippen LogP contribution in [0.2, 0.25) is 0 Å². The fourth-order valence-electron chi connectivity index (χ4n) is 2.85. The van der Waals surface area contributed by atoms with Gasteiger partial charge in [0.25, 0.3) is 0 Å². The minimum Gasteiger partial charge on any atom is -0.508 e. The van der Waals surface area contributed by atoms with Crippen LogP contribution in [0.15, 0.2) is 42.5 Å². The molecule has 154 valence electrons. The Hall–Kier alpha value is -3.11. The molecule has 0 radical (unpaired) electrons. The summed E-state index contributed by atoms with van der Waals surface area (Å²) in [7, 11) is 0. The topological polar surface area (TPSA) is 157 Å². The molecule has 5 atom stereocenters. The standard InChI is InChI=1S/C20H20O9/c21-12-7-11(8-13(22)9-12)2-1-10-3-5-14(6-4-10)28-20-17(25)15(23)16(24)18(29-20)19(26)27/h1-9,15-18,20-25H,(H,26,27)/t15-,16-,17+,18-,20+/m0/s1. The number of hydrogen-bond donors (Lipinski definition) is 6. The number of carboxylic acid groups (broad SMARTS) is 1. The van der Waals surface area contributed by atoms with Crippen molar-refractivity contribution < 1.29 is 44.9 Å². The fraction of sp³-hybridized carbons (Fsp3) is 0.250. The number of carboxylic acids is 1. The van der Waals surface area contributed by atoms with Crippen LogP contribution in [-0.4, -0.2) is 67.3 Å². The molecule has 6 N–H and O–H groups in total. The molecule has 9 heteroatoms. The molecular weight excluding hydrogens is 384 g/mol. The van der Waals surface area contributed by atoms with Crippen molar-refractivity contribution in [1.82, 2.24) is 0 Å². The van der Waals surface area contributed by atoms with Gasteiger partial charge in [0.05, 0.1) is 0 Å². The quantitative estimate of drug-likeness (QED) is 0.391. The van der Waals surface area contributed by atoms with Gasteiger partial charge in [0, 0.05) is 6.07 Å². The summed E-state index contributed by atoms with van der Waals surface area (Å²) in [6, 6.07) is 10.6. The van der Waals surface area contributed by atoms with E-state index >= 15 is 0 Å². The van der Waals surface area contributed by atoms with Crippen molar-refractivity contribution in [2.24, 2.45) is 0 Å². The van der Waals surface area contributed by atoms with Crippen molar-refractivity contribution in [2.45, 2.75) is 30.7 Å². The molecular formula is C20H20O9. The lowest BCUT2D eigenvalue weighted by Gasteiger charge is -2.38. The van der Waals surface area contributed by atoms with Gasteiger partial charge in [0.2, 0.25) is 6.29 Å². The lowest BCUT2D eigenvalue weighted by molar-refractivity contribution is -0.271. The monoisotopic (exact) mass is 404 g/mol. The van der Waals surface area contributed by atoms with E-state index in [0.29, 0.717) is 5.56 Å². The molecule has 0 spiro atoms. The number of rotatable bonds is 5. The Balaban J connectivity index is 1.68. The van der Waals surface area contributed by atoms with Gasteiger partial charge in [-0.05, 0) is 35.4 Å². The van der Waals surface area contributed by atoms with Crippen molar-refractivity contribution in [3.05, 3.63) is 53.6 Å². The highest BCUT2D eigenvalue weighted by Crippen LogP contribution is 2.26. The van der Waals surface area contributed by atoms with E-state index in [9.17, 15) is 30.3 Å². The lowest BCUT2D eigenvalue weighted by Crippen LogP contribution is -2.61. The second-order valence-electron chi connectivity index (χ2n) is 6.54. The van der Waals surface area contributed by atoms with E-state index in [4.69, 9.17) is 14.6 Å². The fourth-order valence-corrected chi connectivity index (χ4v) is 2.85. The molecule has 0 bridgehead atoms. The largest absolute Gasteiger partial charge is 0.508 e. The molecule has 3 rings (SSSR count). The Labute approximate surface area is 165 Å². The first-order chi connectivity index (χ1) is 13.7. The summed E-state index contributed by atoms with van der Waals surface area (Å²) < 4.78 is 10.5. The molecule has 2 aromatic rings. The Bertz CT molecular complexity index is 873. The van der Waals surface area contributed by atoms with Crippen LogP contribution >= 0.6 is 0 Å². The van der Waals surface area contributed by atoms with Gasteiger partial charge in [-0.3, -0.25) is 0 Å². The van der Waals surface area contributed by atoms with E-state index in [1.807, 2.05) is 0 Å². The van der Waals surface area contributed by atoms with Gasteiger partial charge < -0.3 is 40.1 Å². The summed E-state index contributed by atoms with van der Waals surface area (Å²) in [5.74, 6) is -1.37. The van der Waals surface area contributed by atoms with Gasteiger partial charge in [-0.15, -0.1) is 0 Å². The molecule has 1 fully saturated rings. The SMILES string of the molecule is O=C(O)[C@H]1O[C@@H](Oc2ccc(C=Cc3cc(O)cc(O)c3)cc2)[C@H](O)[C@@H](O)[C@@H]1O. The van der Waals surface area contributed by atoms with E-state index in [2.05, 4.69) is 0 Å². The zero-order valence-electron chi connectivity index (χ0n) is 15.0. The third-order valence-electron chi connectivity index (χ3n) is 4.34. The predicted octanol–water partition coefficient (Wildman–Crippen LogP) is 0.539. The number of aromatic hydroxyl groups is 2. The van der Waals surface area contributed by atoms with Gasteiger partial charge in [-0.1, -0.05) is 24.3 Å². The van der Waals surface area contributed by atoms with Crippen molar-refractivity contribution in [1.29, 1.82) is 0 Å². The van der Waals surface area contributed by atoms with Crippen LogP contribution in [0.1, 0.15) is 11.1 Å². The Morgan fingerprint density at radius 3 is 2.03 bits per heavy atom. The average molecular weight is 404 g/mol. The Morgan fingerprint density at radius 1 is 0.862 bits per heavy atom. The van der Waals surface area contributed by atoms with Gasteiger partial charge in [0.1, 0.15) is 35.6 Å². The average Bonchev–Trinajstić information content (AvgIpc) is 2.67. The normalized spacial score (nSPS) is 27.1. The number of benzene rings is 2. The number of hydrogen-bond acceptors (Lipinski definition) is 8. The number of carbonyl (C=O) groups is 1. The van der Waals surface area contributed by atoms with Gasteiger partial charge >= 0.3 is 5.97 Å². The third kappa shape index (κ3) is 4.84. The molecule has 0 amide bonds. The maximum Gasteiger partial charge on any atom is 0.335 e. The van der Waals surface area contributed by atoms with Crippen LogP contribution in [0.5, 0.6) is 17.2 Å². The highest BCUT2D eigenvalue weighted by Gasteiger charge is 2.48. The number of aliphatic carboxylic acids is 1.